The molecule has 0 spiro atoms. The fraction of sp³-hybridized carbons (Fsp3) is 1.00. The summed E-state index contributed by atoms with van der Waals surface area (Å²) in [5, 5.41) is 22.2. The summed E-state index contributed by atoms with van der Waals surface area (Å²) in [5.74, 6) is 0.477. The van der Waals surface area contributed by atoms with Crippen LogP contribution in [-0.2, 0) is 47.4 Å². The molecular formula is C45H82O12. The van der Waals surface area contributed by atoms with Crippen molar-refractivity contribution in [1.29, 1.82) is 0 Å². The zero-order valence-corrected chi connectivity index (χ0v) is 37.9. The van der Waals surface area contributed by atoms with Gasteiger partial charge in [0.15, 0.2) is 31.5 Å². The van der Waals surface area contributed by atoms with Gasteiger partial charge in [-0.3, -0.25) is 0 Å². The van der Waals surface area contributed by atoms with Crippen molar-refractivity contribution in [3.8, 4) is 0 Å². The quantitative estimate of drug-likeness (QED) is 0.183. The van der Waals surface area contributed by atoms with Gasteiger partial charge in [-0.05, 0) is 67.6 Å². The first-order chi connectivity index (χ1) is 27.1. The molecule has 0 bridgehead atoms. The Bertz CT molecular complexity index is 1190. The Morgan fingerprint density at radius 3 is 1.00 bits per heavy atom. The molecule has 0 aliphatic carbocycles. The molecule has 5 fully saturated rings. The number of ether oxygens (including phenoxy) is 10. The molecule has 334 valence electrons. The van der Waals surface area contributed by atoms with Crippen LogP contribution in [0.5, 0.6) is 0 Å². The molecular weight excluding hydrogens is 732 g/mol. The second-order valence-electron chi connectivity index (χ2n) is 18.6. The molecule has 0 aromatic heterocycles. The van der Waals surface area contributed by atoms with Crippen molar-refractivity contribution in [1.82, 2.24) is 0 Å². The van der Waals surface area contributed by atoms with E-state index in [1.165, 1.54) is 0 Å². The Balaban J connectivity index is 1.46. The first-order valence-corrected chi connectivity index (χ1v) is 22.8. The zero-order chi connectivity index (χ0) is 42.0. The fourth-order valence-corrected chi connectivity index (χ4v) is 10.6. The molecule has 5 aliphatic rings. The van der Waals surface area contributed by atoms with Crippen LogP contribution in [0.3, 0.4) is 0 Å². The summed E-state index contributed by atoms with van der Waals surface area (Å²) in [7, 11) is 1.69. The van der Waals surface area contributed by atoms with Crippen LogP contribution >= 0.6 is 0 Å². The van der Waals surface area contributed by atoms with E-state index in [0.29, 0.717) is 6.42 Å². The average molecular weight is 815 g/mol. The number of aliphatic hydroxyl groups excluding tert-OH is 2. The predicted molar refractivity (Wildman–Crippen MR) is 216 cm³/mol. The van der Waals surface area contributed by atoms with Gasteiger partial charge in [-0.1, -0.05) is 96.9 Å². The minimum Gasteiger partial charge on any atom is -0.390 e. The third-order valence-electron chi connectivity index (χ3n) is 15.4. The van der Waals surface area contributed by atoms with E-state index < -0.39 is 55.7 Å². The molecule has 5 saturated heterocycles. The number of hydrogen-bond acceptors (Lipinski definition) is 12. The molecule has 5 aliphatic heterocycles. The second kappa shape index (κ2) is 20.6. The predicted octanol–water partition coefficient (Wildman–Crippen LogP) is 7.29. The van der Waals surface area contributed by atoms with Gasteiger partial charge >= 0.3 is 0 Å². The monoisotopic (exact) mass is 815 g/mol. The van der Waals surface area contributed by atoms with Gasteiger partial charge in [0.25, 0.3) is 0 Å². The van der Waals surface area contributed by atoms with E-state index in [2.05, 4.69) is 83.1 Å². The molecule has 0 radical (unpaired) electrons. The second-order valence-corrected chi connectivity index (χ2v) is 18.6. The van der Waals surface area contributed by atoms with Crippen molar-refractivity contribution in [2.75, 3.05) is 7.11 Å². The molecule has 10 unspecified atom stereocenters. The van der Waals surface area contributed by atoms with Gasteiger partial charge in [0.1, 0.15) is 24.4 Å². The minimum atomic E-state index is -1.21. The highest BCUT2D eigenvalue weighted by Gasteiger charge is 2.54. The van der Waals surface area contributed by atoms with E-state index >= 15 is 0 Å². The van der Waals surface area contributed by atoms with Gasteiger partial charge in [-0.15, -0.1) is 0 Å². The van der Waals surface area contributed by atoms with Crippen molar-refractivity contribution >= 4 is 0 Å². The van der Waals surface area contributed by atoms with E-state index in [1.54, 1.807) is 7.11 Å². The molecule has 2 N–H and O–H groups in total. The topological polar surface area (TPSA) is 133 Å². The lowest BCUT2D eigenvalue weighted by atomic mass is 9.80. The molecule has 0 aromatic rings. The molecule has 0 aromatic carbocycles. The van der Waals surface area contributed by atoms with Gasteiger partial charge in [0.2, 0.25) is 0 Å². The molecule has 25 atom stereocenters. The maximum atomic E-state index is 11.2. The third kappa shape index (κ3) is 9.78. The molecule has 5 rings (SSSR count). The minimum absolute atomic E-state index is 0.00585. The summed E-state index contributed by atoms with van der Waals surface area (Å²) in [6.45, 7) is 30.1. The zero-order valence-electron chi connectivity index (χ0n) is 37.9. The first-order valence-electron chi connectivity index (χ1n) is 22.8. The smallest absolute Gasteiger partial charge is 0.186 e. The lowest BCUT2D eigenvalue weighted by Gasteiger charge is -2.52. The molecule has 12 nitrogen and oxygen atoms in total. The van der Waals surface area contributed by atoms with Crippen LogP contribution < -0.4 is 0 Å². The van der Waals surface area contributed by atoms with Crippen LogP contribution in [0.25, 0.3) is 0 Å². The molecule has 5 heterocycles. The lowest BCUT2D eigenvalue weighted by Crippen LogP contribution is -2.62. The van der Waals surface area contributed by atoms with Gasteiger partial charge in [-0.2, -0.15) is 0 Å². The van der Waals surface area contributed by atoms with Gasteiger partial charge < -0.3 is 57.6 Å². The van der Waals surface area contributed by atoms with Gasteiger partial charge in [-0.25, -0.2) is 0 Å². The van der Waals surface area contributed by atoms with E-state index in [-0.39, 0.29) is 96.2 Å². The van der Waals surface area contributed by atoms with E-state index in [9.17, 15) is 10.2 Å². The molecule has 12 heteroatoms. The lowest BCUT2D eigenvalue weighted by molar-refractivity contribution is -0.393. The van der Waals surface area contributed by atoms with Crippen LogP contribution in [-0.4, -0.2) is 116 Å². The van der Waals surface area contributed by atoms with Crippen LogP contribution in [0.4, 0.5) is 0 Å². The SMILES string of the molecule is CCC1O[C@H](OC2[C@@H](O[C@@H]3C(C)[C@@H](OC)OC(CC)[C@H]3C)OC(CC)[C@@H](C)[C@@H]2C)C(O[C@H]2OC(CC)[C@@H](C)[C@H](C)C2O[C@H]2OC(CC)[C@@H](C)[C@H](O)C2O)[C@@H](C)[C@@H]1C. The summed E-state index contributed by atoms with van der Waals surface area (Å²) >= 11 is 0. The highest BCUT2D eigenvalue weighted by Crippen LogP contribution is 2.45. The maximum Gasteiger partial charge on any atom is 0.186 e. The number of methoxy groups -OCH3 is 1. The first kappa shape index (κ1) is 47.6. The Morgan fingerprint density at radius 2 is 0.632 bits per heavy atom. The van der Waals surface area contributed by atoms with Gasteiger partial charge in [0.05, 0.1) is 42.7 Å². The van der Waals surface area contributed by atoms with Crippen molar-refractivity contribution in [2.24, 2.45) is 53.3 Å². The van der Waals surface area contributed by atoms with Crippen LogP contribution in [0.1, 0.15) is 129 Å². The normalized spacial score (nSPS) is 52.5. The number of hydrogen-bond donors (Lipinski definition) is 2. The Hall–Kier alpha value is -0.480. The summed E-state index contributed by atoms with van der Waals surface area (Å²) < 4.78 is 67.3. The highest BCUT2D eigenvalue weighted by molar-refractivity contribution is 4.95. The summed E-state index contributed by atoms with van der Waals surface area (Å²) in [4.78, 5) is 0. The van der Waals surface area contributed by atoms with E-state index in [4.69, 9.17) is 47.4 Å². The van der Waals surface area contributed by atoms with E-state index in [0.717, 1.165) is 25.7 Å². The van der Waals surface area contributed by atoms with Crippen molar-refractivity contribution in [2.45, 2.75) is 228 Å². The molecule has 57 heavy (non-hydrogen) atoms. The maximum absolute atomic E-state index is 11.2. The summed E-state index contributed by atoms with van der Waals surface area (Å²) in [5.41, 5.74) is 0. The van der Waals surface area contributed by atoms with Gasteiger partial charge in [0, 0.05) is 24.9 Å². The number of aliphatic hydroxyl groups is 2. The Kier molecular flexibility index (Phi) is 17.2. The fourth-order valence-electron chi connectivity index (χ4n) is 10.6. The van der Waals surface area contributed by atoms with Crippen molar-refractivity contribution in [3.63, 3.8) is 0 Å². The van der Waals surface area contributed by atoms with Crippen molar-refractivity contribution in [3.05, 3.63) is 0 Å². The standard InChI is InChI=1S/C45H82O12/c1-16-30-22(7)25(10)39(43(51-30)54-37-28(13)34(20-5)49-41(48-15)29(37)14)56-45-40(26(11)23(8)32(18-3)53-45)57-44-38(24(9)21(6)31(17-2)52-44)55-42-36(47)35(46)27(12)33(19-4)50-42/h21-47H,16-20H2,1-15H3/t21-,22-,23-,24-,25-,26-,27+,28+,29?,30?,31?,32?,33?,34?,35-,36?,37-,38?,39?,40?,41-,42+,43+,44+,45+/m0/s1. The summed E-state index contributed by atoms with van der Waals surface area (Å²) in [6, 6.07) is 0. The van der Waals surface area contributed by atoms with Crippen LogP contribution in [0, 0.1) is 53.3 Å². The van der Waals surface area contributed by atoms with Crippen LogP contribution in [0.15, 0.2) is 0 Å². The van der Waals surface area contributed by atoms with Crippen LogP contribution in [0.2, 0.25) is 0 Å². The molecule has 0 saturated carbocycles. The summed E-state index contributed by atoms with van der Waals surface area (Å²) in [6.07, 6.45) is -3.93. The Labute approximate surface area is 344 Å². The average Bonchev–Trinajstić information content (AvgIpc) is 3.20. The number of rotatable bonds is 14. The van der Waals surface area contributed by atoms with E-state index in [1.807, 2.05) is 13.8 Å². The van der Waals surface area contributed by atoms with Crippen molar-refractivity contribution < 1.29 is 57.6 Å². The third-order valence-corrected chi connectivity index (χ3v) is 15.4. The largest absolute Gasteiger partial charge is 0.390 e. The molecule has 0 amide bonds. The Morgan fingerprint density at radius 1 is 0.333 bits per heavy atom. The highest BCUT2D eigenvalue weighted by atomic mass is 16.8.